The Hall–Kier alpha value is -0.370. The van der Waals surface area contributed by atoms with E-state index in [-0.39, 0.29) is 16.7 Å². The van der Waals surface area contributed by atoms with E-state index in [4.69, 9.17) is 0 Å². The van der Waals surface area contributed by atoms with Gasteiger partial charge >= 0.3 is 0 Å². The minimum atomic E-state index is -0.526. The maximum atomic E-state index is 12.1. The van der Waals surface area contributed by atoms with E-state index < -0.39 is 5.60 Å². The van der Waals surface area contributed by atoms with Crippen LogP contribution in [0.5, 0.6) is 0 Å². The number of carbonyl (C=O) groups excluding carboxylic acids is 1. The van der Waals surface area contributed by atoms with Crippen molar-refractivity contribution in [1.82, 2.24) is 0 Å². The second-order valence-electron chi connectivity index (χ2n) is 7.61. The van der Waals surface area contributed by atoms with Gasteiger partial charge in [-0.05, 0) is 48.9 Å². The van der Waals surface area contributed by atoms with Crippen LogP contribution in [0.25, 0.3) is 0 Å². The molecule has 3 aliphatic carbocycles. The van der Waals surface area contributed by atoms with E-state index in [1.54, 1.807) is 0 Å². The molecule has 3 aliphatic rings. The molecule has 1 N–H and O–H groups in total. The summed E-state index contributed by atoms with van der Waals surface area (Å²) >= 11 is 0. The summed E-state index contributed by atoms with van der Waals surface area (Å²) in [5, 5.41) is 10.6. The summed E-state index contributed by atoms with van der Waals surface area (Å²) in [4.78, 5) is 12.1. The van der Waals surface area contributed by atoms with Crippen LogP contribution in [0.1, 0.15) is 53.4 Å². The number of rotatable bonds is 0. The highest BCUT2D eigenvalue weighted by Gasteiger charge is 2.69. The van der Waals surface area contributed by atoms with Gasteiger partial charge in [0.25, 0.3) is 0 Å². The Morgan fingerprint density at radius 2 is 1.82 bits per heavy atom. The zero-order chi connectivity index (χ0) is 12.6. The molecular formula is C15H24O2. The van der Waals surface area contributed by atoms with Crippen molar-refractivity contribution in [1.29, 1.82) is 0 Å². The minimum absolute atomic E-state index is 0.112. The van der Waals surface area contributed by atoms with Crippen LogP contribution in [0.15, 0.2) is 0 Å². The zero-order valence-corrected chi connectivity index (χ0v) is 11.4. The van der Waals surface area contributed by atoms with Gasteiger partial charge in [0.1, 0.15) is 5.78 Å². The Labute approximate surface area is 104 Å². The first kappa shape index (κ1) is 11.7. The van der Waals surface area contributed by atoms with Gasteiger partial charge in [0, 0.05) is 12.3 Å². The zero-order valence-electron chi connectivity index (χ0n) is 11.4. The first-order valence-corrected chi connectivity index (χ1v) is 6.97. The molecule has 0 aromatic rings. The third-order valence-corrected chi connectivity index (χ3v) is 6.67. The van der Waals surface area contributed by atoms with Crippen LogP contribution in [0, 0.1) is 28.6 Å². The highest BCUT2D eigenvalue weighted by Crippen LogP contribution is 2.72. The highest BCUT2D eigenvalue weighted by atomic mass is 16.3. The molecule has 5 atom stereocenters. The fourth-order valence-corrected chi connectivity index (χ4v) is 5.59. The van der Waals surface area contributed by atoms with Gasteiger partial charge in [-0.15, -0.1) is 0 Å². The number of ketones is 1. The summed E-state index contributed by atoms with van der Waals surface area (Å²) in [5.74, 6) is 1.54. The van der Waals surface area contributed by atoms with Crippen LogP contribution < -0.4 is 0 Å². The van der Waals surface area contributed by atoms with E-state index in [0.29, 0.717) is 17.6 Å². The fraction of sp³-hybridized carbons (Fsp3) is 0.933. The van der Waals surface area contributed by atoms with Gasteiger partial charge in [0.2, 0.25) is 0 Å². The van der Waals surface area contributed by atoms with Gasteiger partial charge in [-0.2, -0.15) is 0 Å². The lowest BCUT2D eigenvalue weighted by Gasteiger charge is -2.44. The van der Waals surface area contributed by atoms with Crippen molar-refractivity contribution in [3.05, 3.63) is 0 Å². The lowest BCUT2D eigenvalue weighted by atomic mass is 9.64. The van der Waals surface area contributed by atoms with E-state index in [2.05, 4.69) is 20.8 Å². The number of carbonyl (C=O) groups is 1. The molecule has 0 amide bonds. The third kappa shape index (κ3) is 1.18. The number of hydrogen-bond acceptors (Lipinski definition) is 2. The molecule has 2 nitrogen and oxygen atoms in total. The molecule has 0 heterocycles. The van der Waals surface area contributed by atoms with Crippen molar-refractivity contribution in [3.63, 3.8) is 0 Å². The largest absolute Gasteiger partial charge is 0.390 e. The summed E-state index contributed by atoms with van der Waals surface area (Å²) in [6.45, 7) is 8.67. The van der Waals surface area contributed by atoms with Crippen molar-refractivity contribution in [2.45, 2.75) is 59.0 Å². The Balaban J connectivity index is 2.09. The first-order chi connectivity index (χ1) is 7.72. The second-order valence-corrected chi connectivity index (χ2v) is 7.61. The summed E-state index contributed by atoms with van der Waals surface area (Å²) < 4.78 is 0. The topological polar surface area (TPSA) is 37.3 Å². The highest BCUT2D eigenvalue weighted by molar-refractivity contribution is 5.85. The molecule has 0 aliphatic heterocycles. The Kier molecular flexibility index (Phi) is 2.04. The van der Waals surface area contributed by atoms with Crippen LogP contribution in [0.3, 0.4) is 0 Å². The smallest absolute Gasteiger partial charge is 0.136 e. The molecule has 1 unspecified atom stereocenters. The fourth-order valence-electron chi connectivity index (χ4n) is 5.59. The van der Waals surface area contributed by atoms with Crippen molar-refractivity contribution in [3.8, 4) is 0 Å². The van der Waals surface area contributed by atoms with Crippen LogP contribution in [0.4, 0.5) is 0 Å². The van der Waals surface area contributed by atoms with E-state index in [1.165, 1.54) is 0 Å². The molecule has 17 heavy (non-hydrogen) atoms. The van der Waals surface area contributed by atoms with Gasteiger partial charge in [-0.1, -0.05) is 20.8 Å². The van der Waals surface area contributed by atoms with Gasteiger partial charge in [-0.25, -0.2) is 0 Å². The third-order valence-electron chi connectivity index (χ3n) is 6.67. The van der Waals surface area contributed by atoms with E-state index in [9.17, 15) is 9.90 Å². The molecule has 0 radical (unpaired) electrons. The molecule has 1 spiro atoms. The standard InChI is InChI=1S/C15H24O2/c1-9-10(16)7-11-13(2,3)12-8-15(9,11)6-5-14(12,4)17/h9,11-12,17H,5-8H2,1-4H3/t9-,11?,12+,14-,15-/m1/s1. The van der Waals surface area contributed by atoms with Gasteiger partial charge in [0.15, 0.2) is 0 Å². The van der Waals surface area contributed by atoms with E-state index in [1.807, 2.05) is 6.92 Å². The van der Waals surface area contributed by atoms with Crippen LogP contribution in [-0.4, -0.2) is 16.5 Å². The van der Waals surface area contributed by atoms with Gasteiger partial charge in [0.05, 0.1) is 5.60 Å². The molecule has 0 aromatic heterocycles. The van der Waals surface area contributed by atoms with Crippen LogP contribution >= 0.6 is 0 Å². The Bertz CT molecular complexity index is 382. The molecule has 96 valence electrons. The van der Waals surface area contributed by atoms with Gasteiger partial charge in [-0.3, -0.25) is 4.79 Å². The number of Topliss-reactive ketones (excluding diaryl/α,β-unsaturated/α-hetero) is 1. The second kappa shape index (κ2) is 2.96. The lowest BCUT2D eigenvalue weighted by Crippen LogP contribution is -2.44. The summed E-state index contributed by atoms with van der Waals surface area (Å²) in [6.07, 6.45) is 3.72. The number of aliphatic hydroxyl groups is 1. The predicted molar refractivity (Wildman–Crippen MR) is 66.5 cm³/mol. The predicted octanol–water partition coefficient (Wildman–Crippen LogP) is 2.79. The average Bonchev–Trinajstić information content (AvgIpc) is 2.58. The maximum Gasteiger partial charge on any atom is 0.136 e. The summed E-state index contributed by atoms with van der Waals surface area (Å²) in [5.41, 5.74) is -0.199. The SMILES string of the molecule is C[C@@H]1C(=O)CC2C(C)(C)[C@@H]3C[C@@]21CC[C@@]3(C)O. The average molecular weight is 236 g/mol. The molecule has 2 bridgehead atoms. The monoisotopic (exact) mass is 236 g/mol. The van der Waals surface area contributed by atoms with Crippen LogP contribution in [0.2, 0.25) is 0 Å². The Morgan fingerprint density at radius 3 is 2.47 bits per heavy atom. The molecule has 3 saturated carbocycles. The molecule has 3 fully saturated rings. The molecule has 2 heteroatoms. The van der Waals surface area contributed by atoms with E-state index in [0.717, 1.165) is 25.7 Å². The van der Waals surface area contributed by atoms with Gasteiger partial charge < -0.3 is 5.11 Å². The number of hydrogen-bond donors (Lipinski definition) is 1. The van der Waals surface area contributed by atoms with Crippen LogP contribution in [-0.2, 0) is 4.79 Å². The van der Waals surface area contributed by atoms with Crippen molar-refractivity contribution in [2.24, 2.45) is 28.6 Å². The summed E-state index contributed by atoms with van der Waals surface area (Å²) in [7, 11) is 0. The normalized spacial score (nSPS) is 56.1. The maximum absolute atomic E-state index is 12.1. The first-order valence-electron chi connectivity index (χ1n) is 6.97. The quantitative estimate of drug-likeness (QED) is 0.702. The molecule has 0 saturated heterocycles. The lowest BCUT2D eigenvalue weighted by molar-refractivity contribution is -0.125. The molecule has 0 aromatic carbocycles. The molecular weight excluding hydrogens is 212 g/mol. The molecule has 3 rings (SSSR count). The number of fused-ring (bicyclic) bond motifs is 1. The minimum Gasteiger partial charge on any atom is -0.390 e. The van der Waals surface area contributed by atoms with Crippen molar-refractivity contribution in [2.75, 3.05) is 0 Å². The van der Waals surface area contributed by atoms with Crippen molar-refractivity contribution >= 4 is 5.78 Å². The van der Waals surface area contributed by atoms with E-state index >= 15 is 0 Å². The van der Waals surface area contributed by atoms with Crippen molar-refractivity contribution < 1.29 is 9.90 Å². The summed E-state index contributed by atoms with van der Waals surface area (Å²) in [6, 6.07) is 0. The Morgan fingerprint density at radius 1 is 1.18 bits per heavy atom.